The highest BCUT2D eigenvalue weighted by molar-refractivity contribution is 9.10. The van der Waals surface area contributed by atoms with E-state index >= 15 is 0 Å². The van der Waals surface area contributed by atoms with Crippen LogP contribution in [-0.2, 0) is 9.53 Å². The molecule has 0 bridgehead atoms. The van der Waals surface area contributed by atoms with Gasteiger partial charge in [-0.3, -0.25) is 9.78 Å². The van der Waals surface area contributed by atoms with Crippen LogP contribution in [-0.4, -0.2) is 24.6 Å². The van der Waals surface area contributed by atoms with E-state index in [4.69, 9.17) is 4.74 Å². The molecule has 1 aromatic rings. The third-order valence-electron chi connectivity index (χ3n) is 2.77. The maximum Gasteiger partial charge on any atom is 0.246 e. The number of ether oxygens (including phenoxy) is 1. The van der Waals surface area contributed by atoms with Gasteiger partial charge in [-0.25, -0.2) is 0 Å². The predicted octanol–water partition coefficient (Wildman–Crippen LogP) is 2.06. The van der Waals surface area contributed by atoms with Crippen LogP contribution in [0.5, 0.6) is 0 Å². The Balaban J connectivity index is 2.09. The molecular weight excluding hydrogens is 284 g/mol. The first-order valence-corrected chi connectivity index (χ1v) is 6.38. The van der Waals surface area contributed by atoms with E-state index in [9.17, 15) is 4.79 Å². The van der Waals surface area contributed by atoms with Gasteiger partial charge in [-0.2, -0.15) is 0 Å². The van der Waals surface area contributed by atoms with Crippen LogP contribution in [0, 0.1) is 5.92 Å². The number of rotatable bonds is 5. The predicted molar refractivity (Wildman–Crippen MR) is 67.4 cm³/mol. The molecular formula is C12H15BrN2O2. The zero-order valence-electron chi connectivity index (χ0n) is 9.65. The lowest BCUT2D eigenvalue weighted by Gasteiger charge is -2.18. The Morgan fingerprint density at radius 1 is 1.65 bits per heavy atom. The molecule has 0 spiro atoms. The van der Waals surface area contributed by atoms with Gasteiger partial charge in [-0.1, -0.05) is 0 Å². The summed E-state index contributed by atoms with van der Waals surface area (Å²) in [6.45, 7) is 0.102. The van der Waals surface area contributed by atoms with Gasteiger partial charge < -0.3 is 10.1 Å². The Kier molecular flexibility index (Phi) is 4.12. The first kappa shape index (κ1) is 12.5. The molecule has 5 heteroatoms. The summed E-state index contributed by atoms with van der Waals surface area (Å²) in [6, 6.07) is 2.06. The van der Waals surface area contributed by atoms with E-state index in [-0.39, 0.29) is 18.6 Å². The van der Waals surface area contributed by atoms with E-state index in [1.54, 1.807) is 12.4 Å². The molecule has 4 nitrogen and oxygen atoms in total. The van der Waals surface area contributed by atoms with Crippen molar-refractivity contribution in [1.29, 1.82) is 0 Å². The first-order chi connectivity index (χ1) is 8.20. The third-order valence-corrected chi connectivity index (χ3v) is 3.20. The van der Waals surface area contributed by atoms with Gasteiger partial charge in [0.15, 0.2) is 0 Å². The molecule has 0 aliphatic heterocycles. The molecule has 1 aliphatic carbocycles. The maximum absolute atomic E-state index is 11.6. The number of hydrogen-bond acceptors (Lipinski definition) is 3. The summed E-state index contributed by atoms with van der Waals surface area (Å²) < 4.78 is 5.76. The number of halogens is 1. The van der Waals surface area contributed by atoms with E-state index in [2.05, 4.69) is 26.2 Å². The van der Waals surface area contributed by atoms with Gasteiger partial charge in [-0.15, -0.1) is 0 Å². The molecule has 0 saturated heterocycles. The number of methoxy groups -OCH3 is 1. The van der Waals surface area contributed by atoms with Gasteiger partial charge in [0.1, 0.15) is 6.61 Å². The lowest BCUT2D eigenvalue weighted by Crippen LogP contribution is -2.32. The summed E-state index contributed by atoms with van der Waals surface area (Å²) in [5.41, 5.74) is 1.05. The van der Waals surface area contributed by atoms with E-state index in [0.717, 1.165) is 22.9 Å². The number of nitrogens with one attached hydrogen (secondary N) is 1. The minimum atomic E-state index is -0.0793. The Labute approximate surface area is 109 Å². The van der Waals surface area contributed by atoms with E-state index in [0.29, 0.717) is 5.92 Å². The van der Waals surface area contributed by atoms with Crippen molar-refractivity contribution in [2.24, 2.45) is 5.92 Å². The lowest BCUT2D eigenvalue weighted by molar-refractivity contribution is -0.125. The van der Waals surface area contributed by atoms with Crippen molar-refractivity contribution >= 4 is 21.8 Å². The standard InChI is InChI=1S/C12H15BrN2O2/c1-17-7-11(16)15-12(8-2-3-8)9-4-10(13)6-14-5-9/h4-6,8,12H,2-3,7H2,1H3,(H,15,16)/t12-/m0/s1. The second kappa shape index (κ2) is 5.60. The Morgan fingerprint density at radius 3 is 3.00 bits per heavy atom. The normalized spacial score (nSPS) is 16.6. The number of aromatic nitrogens is 1. The van der Waals surface area contributed by atoms with Gasteiger partial charge in [0.25, 0.3) is 0 Å². The molecule has 1 atom stereocenters. The summed E-state index contributed by atoms with van der Waals surface area (Å²) in [5, 5.41) is 3.00. The fourth-order valence-electron chi connectivity index (χ4n) is 1.85. The number of pyridine rings is 1. The number of amides is 1. The molecule has 92 valence electrons. The Morgan fingerprint density at radius 2 is 2.41 bits per heavy atom. The minimum absolute atomic E-state index is 0.0580. The van der Waals surface area contributed by atoms with Crippen LogP contribution < -0.4 is 5.32 Å². The fourth-order valence-corrected chi connectivity index (χ4v) is 2.23. The summed E-state index contributed by atoms with van der Waals surface area (Å²) >= 11 is 3.40. The van der Waals surface area contributed by atoms with Crippen molar-refractivity contribution in [3.05, 3.63) is 28.5 Å². The van der Waals surface area contributed by atoms with Gasteiger partial charge in [0, 0.05) is 24.0 Å². The zero-order valence-corrected chi connectivity index (χ0v) is 11.2. The van der Waals surface area contributed by atoms with Crippen molar-refractivity contribution in [3.63, 3.8) is 0 Å². The molecule has 0 unspecified atom stereocenters. The van der Waals surface area contributed by atoms with Crippen LogP contribution in [0.15, 0.2) is 22.9 Å². The van der Waals surface area contributed by atoms with E-state index < -0.39 is 0 Å². The van der Waals surface area contributed by atoms with Crippen molar-refractivity contribution in [3.8, 4) is 0 Å². The van der Waals surface area contributed by atoms with E-state index in [1.165, 1.54) is 7.11 Å². The lowest BCUT2D eigenvalue weighted by atomic mass is 10.0. The molecule has 2 rings (SSSR count). The van der Waals surface area contributed by atoms with Crippen molar-refractivity contribution in [2.45, 2.75) is 18.9 Å². The number of carbonyl (C=O) groups is 1. The average molecular weight is 299 g/mol. The van der Waals surface area contributed by atoms with Crippen molar-refractivity contribution in [1.82, 2.24) is 10.3 Å². The van der Waals surface area contributed by atoms with Crippen LogP contribution in [0.2, 0.25) is 0 Å². The molecule has 1 aliphatic rings. The number of carbonyl (C=O) groups excluding carboxylic acids is 1. The molecule has 1 amide bonds. The molecule has 1 fully saturated rings. The van der Waals surface area contributed by atoms with Crippen molar-refractivity contribution < 1.29 is 9.53 Å². The van der Waals surface area contributed by atoms with Crippen LogP contribution in [0.1, 0.15) is 24.4 Å². The number of hydrogen-bond donors (Lipinski definition) is 1. The van der Waals surface area contributed by atoms with Crippen molar-refractivity contribution in [2.75, 3.05) is 13.7 Å². The highest BCUT2D eigenvalue weighted by Gasteiger charge is 2.33. The summed E-state index contributed by atoms with van der Waals surface area (Å²) in [7, 11) is 1.52. The highest BCUT2D eigenvalue weighted by Crippen LogP contribution is 2.41. The minimum Gasteiger partial charge on any atom is -0.375 e. The summed E-state index contributed by atoms with van der Waals surface area (Å²) in [4.78, 5) is 15.7. The molecule has 0 aromatic carbocycles. The molecule has 1 saturated carbocycles. The largest absolute Gasteiger partial charge is 0.375 e. The third kappa shape index (κ3) is 3.51. The van der Waals surface area contributed by atoms with E-state index in [1.807, 2.05) is 6.07 Å². The second-order valence-electron chi connectivity index (χ2n) is 4.25. The topological polar surface area (TPSA) is 51.2 Å². The van der Waals surface area contributed by atoms with Crippen LogP contribution >= 0.6 is 15.9 Å². The monoisotopic (exact) mass is 298 g/mol. The average Bonchev–Trinajstić information content (AvgIpc) is 3.10. The molecule has 17 heavy (non-hydrogen) atoms. The summed E-state index contributed by atoms with van der Waals surface area (Å²) in [5.74, 6) is 0.455. The first-order valence-electron chi connectivity index (χ1n) is 5.59. The quantitative estimate of drug-likeness (QED) is 0.905. The highest BCUT2D eigenvalue weighted by atomic mass is 79.9. The zero-order chi connectivity index (χ0) is 12.3. The van der Waals surface area contributed by atoms with Gasteiger partial charge in [0.2, 0.25) is 5.91 Å². The Hall–Kier alpha value is -0.940. The van der Waals surface area contributed by atoms with Gasteiger partial charge in [0.05, 0.1) is 6.04 Å². The smallest absolute Gasteiger partial charge is 0.246 e. The van der Waals surface area contributed by atoms with Crippen LogP contribution in [0.4, 0.5) is 0 Å². The molecule has 0 radical (unpaired) electrons. The summed E-state index contributed by atoms with van der Waals surface area (Å²) in [6.07, 6.45) is 5.86. The molecule has 1 heterocycles. The fraction of sp³-hybridized carbons (Fsp3) is 0.500. The van der Waals surface area contributed by atoms with Gasteiger partial charge >= 0.3 is 0 Å². The maximum atomic E-state index is 11.6. The van der Waals surface area contributed by atoms with Gasteiger partial charge in [-0.05, 0) is 46.3 Å². The number of nitrogens with zero attached hydrogens (tertiary/aromatic N) is 1. The SMILES string of the molecule is COCC(=O)N[C@H](c1cncc(Br)c1)C1CC1. The molecule has 1 aromatic heterocycles. The Bertz CT molecular complexity index is 407. The second-order valence-corrected chi connectivity index (χ2v) is 5.17. The molecule has 1 N–H and O–H groups in total. The van der Waals surface area contributed by atoms with Crippen LogP contribution in [0.3, 0.4) is 0 Å². The van der Waals surface area contributed by atoms with Crippen LogP contribution in [0.25, 0.3) is 0 Å².